The lowest BCUT2D eigenvalue weighted by Gasteiger charge is -2.14. The molecule has 30 heavy (non-hydrogen) atoms. The minimum atomic E-state index is -0.727. The molecule has 0 bridgehead atoms. The number of rotatable bonds is 7. The number of allylic oxidation sites excluding steroid dienone is 1. The van der Waals surface area contributed by atoms with Crippen LogP contribution >= 0.6 is 11.8 Å². The fourth-order valence-corrected chi connectivity index (χ4v) is 3.91. The summed E-state index contributed by atoms with van der Waals surface area (Å²) in [5.41, 5.74) is 5.15. The SMILES string of the molecule is C=CCn1c(S[C@@H](C)C(=O)c2c(N)n(C)c(=O)n(C)c2=O)nnc1-c1ccoc1C. The summed E-state index contributed by atoms with van der Waals surface area (Å²) in [4.78, 5) is 37.5. The summed E-state index contributed by atoms with van der Waals surface area (Å²) in [7, 11) is 2.71. The predicted molar refractivity (Wildman–Crippen MR) is 114 cm³/mol. The van der Waals surface area contributed by atoms with Gasteiger partial charge in [0.1, 0.15) is 17.1 Å². The molecule has 0 amide bonds. The Morgan fingerprint density at radius 1 is 1.33 bits per heavy atom. The number of carbonyl (C=O) groups is 1. The zero-order valence-corrected chi connectivity index (χ0v) is 17.9. The van der Waals surface area contributed by atoms with Crippen LogP contribution in [0.4, 0.5) is 5.82 Å². The Hall–Kier alpha value is -3.34. The topological polar surface area (TPSA) is 131 Å². The number of hydrogen-bond acceptors (Lipinski definition) is 8. The molecular weight excluding hydrogens is 408 g/mol. The minimum absolute atomic E-state index is 0.164. The standard InChI is InChI=1S/C19H22N6O4S/c1-6-8-25-16(12-7-9-29-10(12)2)21-22-18(25)30-11(3)14(26)13-15(20)23(4)19(28)24(5)17(13)27/h6-7,9,11H,1,8,20H2,2-5H3/t11-/m0/s1. The Kier molecular flexibility index (Phi) is 5.83. The molecule has 11 heteroatoms. The molecule has 0 fully saturated rings. The highest BCUT2D eigenvalue weighted by molar-refractivity contribution is 8.00. The Balaban J connectivity index is 1.99. The van der Waals surface area contributed by atoms with Crippen LogP contribution in [0.3, 0.4) is 0 Å². The van der Waals surface area contributed by atoms with E-state index in [4.69, 9.17) is 10.2 Å². The lowest BCUT2D eigenvalue weighted by molar-refractivity contribution is 0.0992. The van der Waals surface area contributed by atoms with Crippen LogP contribution in [-0.2, 0) is 20.6 Å². The quantitative estimate of drug-likeness (QED) is 0.338. The summed E-state index contributed by atoms with van der Waals surface area (Å²) in [5, 5.41) is 8.21. The zero-order valence-electron chi connectivity index (χ0n) is 17.1. The van der Waals surface area contributed by atoms with Crippen LogP contribution in [0.5, 0.6) is 0 Å². The van der Waals surface area contributed by atoms with Crippen LogP contribution in [0.2, 0.25) is 0 Å². The van der Waals surface area contributed by atoms with Crippen LogP contribution < -0.4 is 17.0 Å². The largest absolute Gasteiger partial charge is 0.469 e. The number of nitrogens with two attached hydrogens (primary N) is 1. The van der Waals surface area contributed by atoms with Crippen molar-refractivity contribution in [3.8, 4) is 11.4 Å². The molecule has 0 saturated heterocycles. The van der Waals surface area contributed by atoms with Crippen molar-refractivity contribution in [2.24, 2.45) is 14.1 Å². The molecule has 10 nitrogen and oxygen atoms in total. The van der Waals surface area contributed by atoms with Gasteiger partial charge in [0.05, 0.1) is 17.1 Å². The van der Waals surface area contributed by atoms with Crippen molar-refractivity contribution in [3.63, 3.8) is 0 Å². The number of furan rings is 1. The van der Waals surface area contributed by atoms with Crippen molar-refractivity contribution < 1.29 is 9.21 Å². The first-order valence-corrected chi connectivity index (χ1v) is 9.91. The van der Waals surface area contributed by atoms with E-state index in [1.807, 2.05) is 11.5 Å². The van der Waals surface area contributed by atoms with E-state index in [1.54, 1.807) is 25.3 Å². The molecule has 1 atom stereocenters. The average Bonchev–Trinajstić information content (AvgIpc) is 3.31. The Morgan fingerprint density at radius 3 is 2.63 bits per heavy atom. The maximum absolute atomic E-state index is 13.0. The van der Waals surface area contributed by atoms with Gasteiger partial charge in [0.2, 0.25) is 0 Å². The van der Waals surface area contributed by atoms with Crippen molar-refractivity contribution in [1.29, 1.82) is 0 Å². The van der Waals surface area contributed by atoms with Crippen molar-refractivity contribution >= 4 is 23.4 Å². The van der Waals surface area contributed by atoms with E-state index >= 15 is 0 Å². The Labute approximate surface area is 176 Å². The molecule has 0 unspecified atom stereocenters. The minimum Gasteiger partial charge on any atom is -0.469 e. The van der Waals surface area contributed by atoms with Gasteiger partial charge in [-0.3, -0.25) is 23.3 Å². The van der Waals surface area contributed by atoms with Crippen molar-refractivity contribution in [1.82, 2.24) is 23.9 Å². The highest BCUT2D eigenvalue weighted by atomic mass is 32.2. The van der Waals surface area contributed by atoms with Crippen molar-refractivity contribution in [2.45, 2.75) is 30.8 Å². The lowest BCUT2D eigenvalue weighted by atomic mass is 10.1. The van der Waals surface area contributed by atoms with Crippen LogP contribution in [-0.4, -0.2) is 34.9 Å². The number of thioether (sulfide) groups is 1. The molecule has 3 heterocycles. The van der Waals surface area contributed by atoms with Gasteiger partial charge in [-0.2, -0.15) is 0 Å². The second-order valence-corrected chi connectivity index (χ2v) is 7.99. The first-order chi connectivity index (χ1) is 14.2. The molecule has 3 aromatic rings. The molecule has 0 aliphatic carbocycles. The monoisotopic (exact) mass is 430 g/mol. The number of hydrogen-bond donors (Lipinski definition) is 1. The van der Waals surface area contributed by atoms with Gasteiger partial charge < -0.3 is 10.2 Å². The van der Waals surface area contributed by atoms with Crippen LogP contribution in [0.15, 0.2) is 44.1 Å². The second kappa shape index (κ2) is 8.19. The third-order valence-electron chi connectivity index (χ3n) is 4.74. The molecule has 0 radical (unpaired) electrons. The average molecular weight is 430 g/mol. The van der Waals surface area contributed by atoms with E-state index in [1.165, 1.54) is 14.1 Å². The van der Waals surface area contributed by atoms with Gasteiger partial charge in [-0.1, -0.05) is 17.8 Å². The van der Waals surface area contributed by atoms with Gasteiger partial charge in [0.25, 0.3) is 5.56 Å². The molecule has 0 aliphatic heterocycles. The molecule has 0 spiro atoms. The molecule has 3 rings (SSSR count). The van der Waals surface area contributed by atoms with Gasteiger partial charge >= 0.3 is 5.69 Å². The van der Waals surface area contributed by atoms with E-state index in [0.29, 0.717) is 23.3 Å². The summed E-state index contributed by atoms with van der Waals surface area (Å²) >= 11 is 1.14. The molecular formula is C19H22N6O4S. The summed E-state index contributed by atoms with van der Waals surface area (Å²) < 4.78 is 9.09. The van der Waals surface area contributed by atoms with Gasteiger partial charge in [-0.15, -0.1) is 16.8 Å². The molecule has 3 aromatic heterocycles. The molecule has 158 valence electrons. The number of Topliss-reactive ketones (excluding diaryl/α,β-unsaturated/α-hetero) is 1. The highest BCUT2D eigenvalue weighted by Crippen LogP contribution is 2.30. The fourth-order valence-electron chi connectivity index (χ4n) is 2.99. The third kappa shape index (κ3) is 3.52. The third-order valence-corrected chi connectivity index (χ3v) is 5.82. The first kappa shape index (κ1) is 21.4. The lowest BCUT2D eigenvalue weighted by Crippen LogP contribution is -2.42. The van der Waals surface area contributed by atoms with Crippen molar-refractivity contribution in [2.75, 3.05) is 5.73 Å². The molecule has 0 saturated carbocycles. The summed E-state index contributed by atoms with van der Waals surface area (Å²) in [5.74, 6) is 0.612. The van der Waals surface area contributed by atoms with Crippen LogP contribution in [0.1, 0.15) is 23.0 Å². The number of nitrogen functional groups attached to an aromatic ring is 1. The number of carbonyl (C=O) groups excluding carboxylic acids is 1. The maximum Gasteiger partial charge on any atom is 0.332 e. The number of anilines is 1. The van der Waals surface area contributed by atoms with Gasteiger partial charge in [-0.05, 0) is 19.9 Å². The number of aryl methyl sites for hydroxylation is 1. The van der Waals surface area contributed by atoms with Gasteiger partial charge in [0.15, 0.2) is 16.8 Å². The summed E-state index contributed by atoms with van der Waals surface area (Å²) in [6.45, 7) is 7.65. The van der Waals surface area contributed by atoms with Gasteiger partial charge in [0, 0.05) is 20.6 Å². The Morgan fingerprint density at radius 2 is 2.03 bits per heavy atom. The highest BCUT2D eigenvalue weighted by Gasteiger charge is 2.27. The van der Waals surface area contributed by atoms with E-state index in [0.717, 1.165) is 26.5 Å². The van der Waals surface area contributed by atoms with E-state index in [2.05, 4.69) is 16.8 Å². The summed E-state index contributed by atoms with van der Waals surface area (Å²) in [6.07, 6.45) is 3.26. The molecule has 2 N–H and O–H groups in total. The first-order valence-electron chi connectivity index (χ1n) is 9.03. The van der Waals surface area contributed by atoms with Gasteiger partial charge in [-0.25, -0.2) is 4.79 Å². The maximum atomic E-state index is 13.0. The molecule has 0 aromatic carbocycles. The summed E-state index contributed by atoms with van der Waals surface area (Å²) in [6, 6.07) is 1.79. The Bertz CT molecular complexity index is 1250. The smallest absolute Gasteiger partial charge is 0.332 e. The number of aromatic nitrogens is 5. The predicted octanol–water partition coefficient (Wildman–Crippen LogP) is 1.38. The number of nitrogens with zero attached hydrogens (tertiary/aromatic N) is 5. The van der Waals surface area contributed by atoms with E-state index in [-0.39, 0.29) is 11.4 Å². The van der Waals surface area contributed by atoms with E-state index < -0.39 is 22.3 Å². The normalized spacial score (nSPS) is 12.1. The zero-order chi connectivity index (χ0) is 22.2. The van der Waals surface area contributed by atoms with E-state index in [9.17, 15) is 14.4 Å². The van der Waals surface area contributed by atoms with Crippen LogP contribution in [0, 0.1) is 6.92 Å². The fraction of sp³-hybridized carbons (Fsp3) is 0.316. The second-order valence-electron chi connectivity index (χ2n) is 6.69. The number of ketones is 1. The molecule has 0 aliphatic rings. The van der Waals surface area contributed by atoms with Crippen molar-refractivity contribution in [3.05, 3.63) is 57.1 Å². The van der Waals surface area contributed by atoms with Crippen LogP contribution in [0.25, 0.3) is 11.4 Å².